The van der Waals surface area contributed by atoms with E-state index in [-0.39, 0.29) is 0 Å². The molecule has 0 N–H and O–H groups in total. The summed E-state index contributed by atoms with van der Waals surface area (Å²) in [5, 5.41) is 0. The molecule has 16 heavy (non-hydrogen) atoms. The van der Waals surface area contributed by atoms with Crippen molar-refractivity contribution < 1.29 is 19.1 Å². The molecule has 1 rings (SSSR count). The molecule has 1 heterocycles. The van der Waals surface area contributed by atoms with E-state index in [1.54, 1.807) is 13.8 Å². The highest BCUT2D eigenvalue weighted by Crippen LogP contribution is 2.40. The average molecular weight is 228 g/mol. The molecule has 0 aromatic heterocycles. The zero-order valence-corrected chi connectivity index (χ0v) is 10.5. The lowest BCUT2D eigenvalue weighted by Gasteiger charge is -2.42. The van der Waals surface area contributed by atoms with Gasteiger partial charge in [0.15, 0.2) is 5.41 Å². The van der Waals surface area contributed by atoms with E-state index in [0.29, 0.717) is 25.7 Å². The summed E-state index contributed by atoms with van der Waals surface area (Å²) in [6, 6.07) is 0. The van der Waals surface area contributed by atoms with E-state index in [2.05, 4.69) is 0 Å². The maximum absolute atomic E-state index is 12.0. The molecule has 1 aliphatic rings. The van der Waals surface area contributed by atoms with Gasteiger partial charge in [0.05, 0.1) is 0 Å². The summed E-state index contributed by atoms with van der Waals surface area (Å²) in [7, 11) is 0. The van der Waals surface area contributed by atoms with Gasteiger partial charge in [-0.2, -0.15) is 0 Å². The number of hydrogen-bond acceptors (Lipinski definition) is 4. The van der Waals surface area contributed by atoms with E-state index >= 15 is 0 Å². The van der Waals surface area contributed by atoms with Crippen LogP contribution in [0.2, 0.25) is 0 Å². The number of esters is 2. The van der Waals surface area contributed by atoms with Crippen LogP contribution in [-0.2, 0) is 19.1 Å². The third-order valence-electron chi connectivity index (χ3n) is 3.62. The Balaban J connectivity index is 3.03. The zero-order valence-electron chi connectivity index (χ0n) is 10.5. The van der Waals surface area contributed by atoms with Crippen LogP contribution >= 0.6 is 0 Å². The van der Waals surface area contributed by atoms with Crippen LogP contribution in [-0.4, -0.2) is 17.7 Å². The molecule has 1 fully saturated rings. The van der Waals surface area contributed by atoms with Crippen LogP contribution in [0.1, 0.15) is 53.4 Å². The minimum Gasteiger partial charge on any atom is -0.422 e. The molecule has 0 unspecified atom stereocenters. The van der Waals surface area contributed by atoms with Crippen molar-refractivity contribution in [2.24, 2.45) is 5.41 Å². The van der Waals surface area contributed by atoms with Crippen molar-refractivity contribution in [2.45, 2.75) is 59.2 Å². The summed E-state index contributed by atoms with van der Waals surface area (Å²) < 4.78 is 10.7. The Morgan fingerprint density at radius 1 is 0.812 bits per heavy atom. The van der Waals surface area contributed by atoms with Crippen molar-refractivity contribution in [2.75, 3.05) is 0 Å². The molecule has 0 amide bonds. The smallest absolute Gasteiger partial charge is 0.326 e. The predicted octanol–water partition coefficient (Wildman–Crippen LogP) is 2.41. The van der Waals surface area contributed by atoms with E-state index in [1.165, 1.54) is 0 Å². The van der Waals surface area contributed by atoms with Crippen LogP contribution < -0.4 is 0 Å². The minimum absolute atomic E-state index is 0.421. The topological polar surface area (TPSA) is 52.6 Å². The first-order chi connectivity index (χ1) is 7.50. The van der Waals surface area contributed by atoms with Crippen LogP contribution in [0.3, 0.4) is 0 Å². The van der Waals surface area contributed by atoms with Gasteiger partial charge < -0.3 is 9.47 Å². The van der Waals surface area contributed by atoms with Gasteiger partial charge in [0.2, 0.25) is 0 Å². The van der Waals surface area contributed by atoms with Crippen molar-refractivity contribution in [3.8, 4) is 0 Å². The molecular weight excluding hydrogens is 208 g/mol. The van der Waals surface area contributed by atoms with E-state index in [9.17, 15) is 9.59 Å². The molecule has 0 saturated carbocycles. The molecule has 0 aromatic rings. The molecule has 4 nitrogen and oxygen atoms in total. The first kappa shape index (κ1) is 13.0. The quantitative estimate of drug-likeness (QED) is 0.547. The number of hydrogen-bond donors (Lipinski definition) is 0. The largest absolute Gasteiger partial charge is 0.422 e. The van der Waals surface area contributed by atoms with E-state index < -0.39 is 23.1 Å². The Labute approximate surface area is 96.3 Å². The van der Waals surface area contributed by atoms with Crippen molar-refractivity contribution in [1.29, 1.82) is 0 Å². The highest BCUT2D eigenvalue weighted by Gasteiger charge is 2.55. The van der Waals surface area contributed by atoms with Gasteiger partial charge in [-0.15, -0.1) is 0 Å². The van der Waals surface area contributed by atoms with E-state index in [0.717, 1.165) is 0 Å². The minimum atomic E-state index is -1.09. The lowest BCUT2D eigenvalue weighted by molar-refractivity contribution is -0.265. The summed E-state index contributed by atoms with van der Waals surface area (Å²) in [4.78, 5) is 24.0. The average Bonchev–Trinajstić information content (AvgIpc) is 2.29. The van der Waals surface area contributed by atoms with Gasteiger partial charge in [0, 0.05) is 12.8 Å². The maximum Gasteiger partial charge on any atom is 0.326 e. The third kappa shape index (κ3) is 1.70. The van der Waals surface area contributed by atoms with E-state index in [1.807, 2.05) is 13.8 Å². The van der Waals surface area contributed by atoms with Gasteiger partial charge in [-0.25, -0.2) is 0 Å². The Hall–Kier alpha value is -1.06. The predicted molar refractivity (Wildman–Crippen MR) is 58.5 cm³/mol. The second-order valence-corrected chi connectivity index (χ2v) is 4.19. The van der Waals surface area contributed by atoms with Crippen molar-refractivity contribution in [3.05, 3.63) is 0 Å². The van der Waals surface area contributed by atoms with Gasteiger partial charge in [0.25, 0.3) is 5.79 Å². The van der Waals surface area contributed by atoms with Gasteiger partial charge in [-0.1, -0.05) is 27.7 Å². The fourth-order valence-electron chi connectivity index (χ4n) is 2.00. The Bertz CT molecular complexity index is 265. The SMILES string of the molecule is CCC1(CC)OC(=O)C(CC)(CC)C(=O)O1. The standard InChI is InChI=1S/C12H20O4/c1-5-11(6-2)9(13)15-12(7-3,8-4)16-10(11)14/h5-8H2,1-4H3. The molecule has 92 valence electrons. The summed E-state index contributed by atoms with van der Waals surface area (Å²) in [6.07, 6.45) is 1.82. The van der Waals surface area contributed by atoms with E-state index in [4.69, 9.17) is 9.47 Å². The lowest BCUT2D eigenvalue weighted by atomic mass is 9.81. The second kappa shape index (κ2) is 4.44. The molecule has 1 saturated heterocycles. The first-order valence-corrected chi connectivity index (χ1v) is 5.97. The highest BCUT2D eigenvalue weighted by atomic mass is 16.7. The lowest BCUT2D eigenvalue weighted by Crippen LogP contribution is -2.55. The van der Waals surface area contributed by atoms with Crippen molar-refractivity contribution in [3.63, 3.8) is 0 Å². The second-order valence-electron chi connectivity index (χ2n) is 4.19. The zero-order chi connectivity index (χ0) is 12.4. The first-order valence-electron chi connectivity index (χ1n) is 5.97. The van der Waals surface area contributed by atoms with Gasteiger partial charge >= 0.3 is 11.9 Å². The molecule has 0 spiro atoms. The van der Waals surface area contributed by atoms with Gasteiger partial charge in [-0.05, 0) is 12.8 Å². The summed E-state index contributed by atoms with van der Waals surface area (Å²) in [5.74, 6) is -1.91. The number of carbonyl (C=O) groups is 2. The van der Waals surface area contributed by atoms with Crippen LogP contribution in [0.5, 0.6) is 0 Å². The van der Waals surface area contributed by atoms with Crippen LogP contribution in [0, 0.1) is 5.41 Å². The van der Waals surface area contributed by atoms with Gasteiger partial charge in [-0.3, -0.25) is 9.59 Å². The fraction of sp³-hybridized carbons (Fsp3) is 0.833. The number of rotatable bonds is 4. The molecule has 4 heteroatoms. The molecule has 0 atom stereocenters. The molecule has 0 bridgehead atoms. The molecule has 1 aliphatic heterocycles. The number of carbonyl (C=O) groups excluding carboxylic acids is 2. The molecular formula is C12H20O4. The van der Waals surface area contributed by atoms with Crippen LogP contribution in [0.15, 0.2) is 0 Å². The monoisotopic (exact) mass is 228 g/mol. The Morgan fingerprint density at radius 3 is 1.44 bits per heavy atom. The Morgan fingerprint density at radius 2 is 1.19 bits per heavy atom. The van der Waals surface area contributed by atoms with Crippen molar-refractivity contribution in [1.82, 2.24) is 0 Å². The normalized spacial score (nSPS) is 22.5. The van der Waals surface area contributed by atoms with Crippen molar-refractivity contribution >= 4 is 11.9 Å². The number of cyclic esters (lactones) is 2. The molecule has 0 aromatic carbocycles. The van der Waals surface area contributed by atoms with Crippen LogP contribution in [0.25, 0.3) is 0 Å². The maximum atomic E-state index is 12.0. The fourth-order valence-corrected chi connectivity index (χ4v) is 2.00. The summed E-state index contributed by atoms with van der Waals surface area (Å²) >= 11 is 0. The summed E-state index contributed by atoms with van der Waals surface area (Å²) in [5.41, 5.74) is -1.09. The van der Waals surface area contributed by atoms with Crippen LogP contribution in [0.4, 0.5) is 0 Å². The number of ether oxygens (including phenoxy) is 2. The van der Waals surface area contributed by atoms with Gasteiger partial charge in [0.1, 0.15) is 0 Å². The molecule has 0 aliphatic carbocycles. The highest BCUT2D eigenvalue weighted by molar-refractivity contribution is 6.01. The third-order valence-corrected chi connectivity index (χ3v) is 3.62. The summed E-state index contributed by atoms with van der Waals surface area (Å²) in [6.45, 7) is 7.29. The Kier molecular flexibility index (Phi) is 3.61. The molecule has 0 radical (unpaired) electrons.